The van der Waals surface area contributed by atoms with Gasteiger partial charge in [0.05, 0.1) is 6.10 Å². The standard InChI is InChI=1S/C4H9NO3Si/c6-3-1-2-5-4(3)9(7)8/h3-7H,1-2H2/t3?,4-/m1/s1. The van der Waals surface area contributed by atoms with Gasteiger partial charge in [-0.1, -0.05) is 0 Å². The summed E-state index contributed by atoms with van der Waals surface area (Å²) in [6, 6.07) is 0. The summed E-state index contributed by atoms with van der Waals surface area (Å²) in [7, 11) is -2.57. The van der Waals surface area contributed by atoms with Crippen LogP contribution in [0.5, 0.6) is 0 Å². The smallest absolute Gasteiger partial charge is 0.520 e. The van der Waals surface area contributed by atoms with E-state index in [9.17, 15) is 4.46 Å². The van der Waals surface area contributed by atoms with Crippen molar-refractivity contribution in [2.24, 2.45) is 0 Å². The molecule has 1 saturated heterocycles. The van der Waals surface area contributed by atoms with E-state index in [0.717, 1.165) is 0 Å². The summed E-state index contributed by atoms with van der Waals surface area (Å²) in [5.74, 6) is 0. The molecular weight excluding hydrogens is 138 g/mol. The number of rotatable bonds is 1. The van der Waals surface area contributed by atoms with Crippen molar-refractivity contribution >= 4 is 8.93 Å². The molecule has 0 bridgehead atoms. The van der Waals surface area contributed by atoms with Crippen LogP contribution in [0.3, 0.4) is 0 Å². The van der Waals surface area contributed by atoms with Gasteiger partial charge in [0.25, 0.3) is 0 Å². The summed E-state index contributed by atoms with van der Waals surface area (Å²) < 4.78 is 10.4. The Morgan fingerprint density at radius 1 is 1.67 bits per heavy atom. The van der Waals surface area contributed by atoms with Gasteiger partial charge in [-0.3, -0.25) is 0 Å². The predicted octanol–water partition coefficient (Wildman–Crippen LogP) is -1.84. The highest BCUT2D eigenvalue weighted by atomic mass is 28.3. The topological polar surface area (TPSA) is 69.6 Å². The molecule has 0 aromatic heterocycles. The second kappa shape index (κ2) is 2.55. The molecule has 3 N–H and O–H groups in total. The Kier molecular flexibility index (Phi) is 1.94. The first-order valence-corrected chi connectivity index (χ1v) is 4.29. The molecule has 9 heavy (non-hydrogen) atoms. The lowest BCUT2D eigenvalue weighted by atomic mass is 10.3. The summed E-state index contributed by atoms with van der Waals surface area (Å²) in [4.78, 5) is 8.55. The van der Waals surface area contributed by atoms with E-state index < -0.39 is 20.7 Å². The average molecular weight is 147 g/mol. The van der Waals surface area contributed by atoms with Crippen molar-refractivity contribution in [3.63, 3.8) is 0 Å². The van der Waals surface area contributed by atoms with E-state index in [1.165, 1.54) is 0 Å². The first-order chi connectivity index (χ1) is 4.22. The maximum atomic E-state index is 10.4. The maximum absolute atomic E-state index is 10.4. The zero-order valence-electron chi connectivity index (χ0n) is 4.87. The molecule has 4 nitrogen and oxygen atoms in total. The van der Waals surface area contributed by atoms with E-state index in [4.69, 9.17) is 9.90 Å². The van der Waals surface area contributed by atoms with Crippen molar-refractivity contribution in [2.45, 2.75) is 18.2 Å². The van der Waals surface area contributed by atoms with Crippen LogP contribution in [0, 0.1) is 0 Å². The zero-order valence-corrected chi connectivity index (χ0v) is 5.87. The maximum Gasteiger partial charge on any atom is 0.520 e. The largest absolute Gasteiger partial charge is 0.539 e. The minimum absolute atomic E-state index is 0.560. The van der Waals surface area contributed by atoms with Gasteiger partial charge in [-0.2, -0.15) is 0 Å². The Labute approximate surface area is 54.3 Å². The second-order valence-corrected chi connectivity index (χ2v) is 3.42. The van der Waals surface area contributed by atoms with Crippen LogP contribution in [0.2, 0.25) is 0 Å². The zero-order chi connectivity index (χ0) is 6.85. The Balaban J connectivity index is 2.49. The van der Waals surface area contributed by atoms with Crippen LogP contribution in [-0.4, -0.2) is 37.1 Å². The molecule has 5 heteroatoms. The fourth-order valence-electron chi connectivity index (χ4n) is 0.941. The molecule has 1 aliphatic rings. The minimum Gasteiger partial charge on any atom is -0.539 e. The highest BCUT2D eigenvalue weighted by Gasteiger charge is 2.32. The monoisotopic (exact) mass is 147 g/mol. The lowest BCUT2D eigenvalue weighted by Gasteiger charge is -2.05. The van der Waals surface area contributed by atoms with Gasteiger partial charge in [0, 0.05) is 0 Å². The molecule has 0 radical (unpaired) electrons. The summed E-state index contributed by atoms with van der Waals surface area (Å²) in [6.45, 7) is 0.642. The molecular formula is C4H9NO3Si. The number of hydrogen-bond acceptors (Lipinski definition) is 3. The van der Waals surface area contributed by atoms with Crippen LogP contribution in [0.1, 0.15) is 6.42 Å². The van der Waals surface area contributed by atoms with Gasteiger partial charge in [-0.15, -0.1) is 0 Å². The molecule has 2 atom stereocenters. The predicted molar refractivity (Wildman–Crippen MR) is 31.1 cm³/mol. The van der Waals surface area contributed by atoms with Gasteiger partial charge in [-0.05, 0) is 13.0 Å². The number of aliphatic hydroxyl groups is 1. The SMILES string of the molecule is O=[Si](O)[C@H]1NCCC1O. The Bertz CT molecular complexity index is 129. The first kappa shape index (κ1) is 6.85. The molecule has 1 heterocycles. The van der Waals surface area contributed by atoms with E-state index in [0.29, 0.717) is 13.0 Å². The van der Waals surface area contributed by atoms with E-state index in [1.54, 1.807) is 0 Å². The molecule has 0 spiro atoms. The summed E-state index contributed by atoms with van der Waals surface area (Å²) in [5, 5.41) is 11.7. The Morgan fingerprint density at radius 2 is 2.33 bits per heavy atom. The van der Waals surface area contributed by atoms with Gasteiger partial charge in [0.2, 0.25) is 0 Å². The molecule has 52 valence electrons. The van der Waals surface area contributed by atoms with Gasteiger partial charge in [-0.25, -0.2) is 0 Å². The fourth-order valence-corrected chi connectivity index (χ4v) is 1.76. The van der Waals surface area contributed by atoms with Crippen molar-refractivity contribution in [2.75, 3.05) is 6.54 Å². The van der Waals surface area contributed by atoms with Gasteiger partial charge >= 0.3 is 8.93 Å². The van der Waals surface area contributed by atoms with E-state index >= 15 is 0 Å². The average Bonchev–Trinajstić information content (AvgIpc) is 2.13. The van der Waals surface area contributed by atoms with Crippen molar-refractivity contribution in [1.82, 2.24) is 5.32 Å². The molecule has 0 aromatic carbocycles. The Morgan fingerprint density at radius 3 is 2.56 bits per heavy atom. The van der Waals surface area contributed by atoms with Crippen molar-refractivity contribution in [3.8, 4) is 0 Å². The molecule has 1 aliphatic heterocycles. The van der Waals surface area contributed by atoms with Crippen LogP contribution in [0.15, 0.2) is 0 Å². The van der Waals surface area contributed by atoms with Gasteiger partial charge < -0.3 is 19.7 Å². The summed E-state index contributed by atoms with van der Waals surface area (Å²) in [5.41, 5.74) is -0.560. The molecule has 1 fully saturated rings. The van der Waals surface area contributed by atoms with Crippen LogP contribution in [0.4, 0.5) is 0 Å². The first-order valence-electron chi connectivity index (χ1n) is 2.86. The third-order valence-electron chi connectivity index (χ3n) is 1.46. The fraction of sp³-hybridized carbons (Fsp3) is 1.00. The van der Waals surface area contributed by atoms with Gasteiger partial charge in [0.1, 0.15) is 5.67 Å². The number of hydrogen-bond donors (Lipinski definition) is 3. The highest BCUT2D eigenvalue weighted by molar-refractivity contribution is 6.35. The van der Waals surface area contributed by atoms with Crippen LogP contribution in [-0.2, 0) is 4.46 Å². The molecule has 1 rings (SSSR count). The molecule has 0 aromatic rings. The Hall–Kier alpha value is -0.263. The van der Waals surface area contributed by atoms with Crippen LogP contribution < -0.4 is 5.32 Å². The van der Waals surface area contributed by atoms with E-state index in [-0.39, 0.29) is 0 Å². The normalized spacial score (nSPS) is 34.8. The third-order valence-corrected chi connectivity index (χ3v) is 2.58. The highest BCUT2D eigenvalue weighted by Crippen LogP contribution is 2.04. The lowest BCUT2D eigenvalue weighted by molar-refractivity contribution is 0.174. The van der Waals surface area contributed by atoms with Crippen LogP contribution in [0.25, 0.3) is 0 Å². The second-order valence-electron chi connectivity index (χ2n) is 2.13. The van der Waals surface area contributed by atoms with Crippen LogP contribution >= 0.6 is 0 Å². The third kappa shape index (κ3) is 1.35. The number of aliphatic hydroxyl groups excluding tert-OH is 1. The molecule has 0 saturated carbocycles. The summed E-state index contributed by atoms with van der Waals surface area (Å²) >= 11 is 0. The van der Waals surface area contributed by atoms with Crippen molar-refractivity contribution < 1.29 is 14.4 Å². The van der Waals surface area contributed by atoms with Crippen molar-refractivity contribution in [3.05, 3.63) is 0 Å². The minimum atomic E-state index is -2.57. The number of nitrogens with one attached hydrogen (secondary N) is 1. The van der Waals surface area contributed by atoms with Gasteiger partial charge in [0.15, 0.2) is 0 Å². The molecule has 1 unspecified atom stereocenters. The molecule has 0 aliphatic carbocycles. The van der Waals surface area contributed by atoms with E-state index in [1.807, 2.05) is 0 Å². The molecule has 0 amide bonds. The summed E-state index contributed by atoms with van der Waals surface area (Å²) in [6.07, 6.45) is -0.0388. The quantitative estimate of drug-likeness (QED) is 0.381. The van der Waals surface area contributed by atoms with Crippen molar-refractivity contribution in [1.29, 1.82) is 0 Å². The lowest BCUT2D eigenvalue weighted by Crippen LogP contribution is -2.39. The van der Waals surface area contributed by atoms with E-state index in [2.05, 4.69) is 5.32 Å².